The molecule has 0 amide bonds. The van der Waals surface area contributed by atoms with Crippen molar-refractivity contribution in [3.8, 4) is 17.1 Å². The number of halogens is 1. The second-order valence-electron chi connectivity index (χ2n) is 6.11. The number of ether oxygens (including phenoxy) is 2. The normalized spacial score (nSPS) is 11.3. The van der Waals surface area contributed by atoms with E-state index in [-0.39, 0.29) is 35.3 Å². The summed E-state index contributed by atoms with van der Waals surface area (Å²) in [5.41, 5.74) is 1.14. The molecule has 2 aromatic carbocycles. The van der Waals surface area contributed by atoms with Crippen LogP contribution in [-0.2, 0) is 21.3 Å². The molecule has 0 atom stereocenters. The lowest BCUT2D eigenvalue weighted by atomic mass is 10.1. The maximum absolute atomic E-state index is 12.9. The minimum atomic E-state index is -3.92. The number of methoxy groups -OCH3 is 1. The number of esters is 1. The predicted molar refractivity (Wildman–Crippen MR) is 110 cm³/mol. The van der Waals surface area contributed by atoms with E-state index < -0.39 is 16.0 Å². The second kappa shape index (κ2) is 9.29. The average Bonchev–Trinajstić information content (AvgIpc) is 3.23. The van der Waals surface area contributed by atoms with Crippen molar-refractivity contribution in [3.05, 3.63) is 64.8 Å². The van der Waals surface area contributed by atoms with Gasteiger partial charge in [-0.25, -0.2) is 17.9 Å². The summed E-state index contributed by atoms with van der Waals surface area (Å²) in [6, 6.07) is 12.7. The maximum Gasteiger partial charge on any atom is 0.360 e. The molecule has 0 unspecified atom stereocenters. The smallest absolute Gasteiger partial charge is 0.360 e. The number of carbonyl (C=O) groups is 1. The highest BCUT2D eigenvalue weighted by atomic mass is 35.5. The van der Waals surface area contributed by atoms with Gasteiger partial charge in [-0.2, -0.15) is 0 Å². The third kappa shape index (κ3) is 4.99. The van der Waals surface area contributed by atoms with Crippen LogP contribution in [0.5, 0.6) is 5.75 Å². The Hall–Kier alpha value is -2.88. The number of nitrogens with one attached hydrogen (secondary N) is 1. The van der Waals surface area contributed by atoms with Gasteiger partial charge in [0.1, 0.15) is 10.6 Å². The van der Waals surface area contributed by atoms with Crippen molar-refractivity contribution in [3.63, 3.8) is 0 Å². The fourth-order valence-corrected chi connectivity index (χ4v) is 3.95. The van der Waals surface area contributed by atoms with Gasteiger partial charge in [0.15, 0.2) is 11.5 Å². The molecule has 0 fully saturated rings. The quantitative estimate of drug-likeness (QED) is 0.521. The summed E-state index contributed by atoms with van der Waals surface area (Å²) < 4.78 is 43.6. The minimum absolute atomic E-state index is 0.00654. The van der Waals surface area contributed by atoms with Crippen molar-refractivity contribution in [2.45, 2.75) is 18.4 Å². The van der Waals surface area contributed by atoms with Crippen molar-refractivity contribution in [1.82, 2.24) is 9.88 Å². The molecule has 0 spiro atoms. The number of benzene rings is 2. The molecule has 1 aromatic heterocycles. The van der Waals surface area contributed by atoms with E-state index in [0.29, 0.717) is 10.6 Å². The first-order valence-corrected chi connectivity index (χ1v) is 10.8. The van der Waals surface area contributed by atoms with Crippen LogP contribution in [0.1, 0.15) is 23.0 Å². The molecule has 0 radical (unpaired) electrons. The summed E-state index contributed by atoms with van der Waals surface area (Å²) >= 11 is 5.85. The molecular formula is C20H19ClN2O6S. The minimum Gasteiger partial charge on any atom is -0.495 e. The van der Waals surface area contributed by atoms with Crippen LogP contribution in [0.25, 0.3) is 11.3 Å². The van der Waals surface area contributed by atoms with E-state index in [2.05, 4.69) is 9.88 Å². The average molecular weight is 451 g/mol. The zero-order valence-electron chi connectivity index (χ0n) is 16.2. The third-order valence-electron chi connectivity index (χ3n) is 4.11. The summed E-state index contributed by atoms with van der Waals surface area (Å²) in [6.07, 6.45) is 0. The van der Waals surface area contributed by atoms with Crippen molar-refractivity contribution in [2.24, 2.45) is 0 Å². The van der Waals surface area contributed by atoms with Crippen LogP contribution in [-0.4, -0.2) is 33.3 Å². The van der Waals surface area contributed by atoms with E-state index in [0.717, 1.165) is 5.56 Å². The van der Waals surface area contributed by atoms with Crippen LogP contribution in [0.15, 0.2) is 57.9 Å². The lowest BCUT2D eigenvalue weighted by Gasteiger charge is -2.12. The molecule has 0 aliphatic carbocycles. The molecule has 0 aliphatic heterocycles. The number of nitrogens with zero attached hydrogens (tertiary/aromatic N) is 1. The predicted octanol–water partition coefficient (Wildman–Crippen LogP) is 3.66. The van der Waals surface area contributed by atoms with Crippen molar-refractivity contribution in [2.75, 3.05) is 13.7 Å². The zero-order chi connectivity index (χ0) is 21.7. The third-order valence-corrected chi connectivity index (χ3v) is 5.79. The van der Waals surface area contributed by atoms with Crippen LogP contribution in [0.4, 0.5) is 0 Å². The fraction of sp³-hybridized carbons (Fsp3) is 0.200. The van der Waals surface area contributed by atoms with Gasteiger partial charge >= 0.3 is 5.97 Å². The Morgan fingerprint density at radius 1 is 1.17 bits per heavy atom. The number of rotatable bonds is 8. The molecule has 0 bridgehead atoms. The Morgan fingerprint density at radius 2 is 1.90 bits per heavy atom. The molecule has 0 saturated carbocycles. The molecule has 30 heavy (non-hydrogen) atoms. The Morgan fingerprint density at radius 3 is 2.57 bits per heavy atom. The van der Waals surface area contributed by atoms with Crippen molar-refractivity contribution in [1.29, 1.82) is 0 Å². The summed E-state index contributed by atoms with van der Waals surface area (Å²) in [4.78, 5) is 11.7. The molecule has 1 N–H and O–H groups in total. The van der Waals surface area contributed by atoms with E-state index in [9.17, 15) is 13.2 Å². The highest BCUT2D eigenvalue weighted by molar-refractivity contribution is 7.89. The topological polar surface area (TPSA) is 108 Å². The Balaban J connectivity index is 1.88. The van der Waals surface area contributed by atoms with E-state index in [1.165, 1.54) is 25.3 Å². The van der Waals surface area contributed by atoms with Gasteiger partial charge in [0.05, 0.1) is 13.7 Å². The van der Waals surface area contributed by atoms with Gasteiger partial charge in [0.2, 0.25) is 10.0 Å². The molecule has 3 rings (SSSR count). The van der Waals surface area contributed by atoms with Crippen LogP contribution in [0, 0.1) is 0 Å². The van der Waals surface area contributed by atoms with Crippen molar-refractivity contribution >= 4 is 27.6 Å². The number of hydrogen-bond acceptors (Lipinski definition) is 7. The molecule has 10 heteroatoms. The summed E-state index contributed by atoms with van der Waals surface area (Å²) in [5, 5.41) is 4.23. The maximum atomic E-state index is 12.9. The van der Waals surface area contributed by atoms with E-state index >= 15 is 0 Å². The molecular weight excluding hydrogens is 432 g/mol. The summed E-state index contributed by atoms with van der Waals surface area (Å²) in [5.74, 6) is -0.249. The highest BCUT2D eigenvalue weighted by Crippen LogP contribution is 2.30. The first-order valence-electron chi connectivity index (χ1n) is 8.90. The van der Waals surface area contributed by atoms with Crippen molar-refractivity contribution < 1.29 is 27.2 Å². The Labute approximate surface area is 178 Å². The SMILES string of the molecule is CCOC(=O)c1cc(-c2ccc(OC)c(S(=O)(=O)NCc3ccc(Cl)cc3)c2)on1. The molecule has 0 saturated heterocycles. The second-order valence-corrected chi connectivity index (χ2v) is 8.29. The van der Waals surface area contributed by atoms with Gasteiger partial charge in [-0.15, -0.1) is 0 Å². The van der Waals surface area contributed by atoms with Gasteiger partial charge in [-0.05, 0) is 42.8 Å². The van der Waals surface area contributed by atoms with Gasteiger partial charge in [-0.1, -0.05) is 28.9 Å². The van der Waals surface area contributed by atoms with Crippen LogP contribution in [0.3, 0.4) is 0 Å². The van der Waals surface area contributed by atoms with Gasteiger partial charge < -0.3 is 14.0 Å². The lowest BCUT2D eigenvalue weighted by molar-refractivity contribution is 0.0514. The number of hydrogen-bond donors (Lipinski definition) is 1. The van der Waals surface area contributed by atoms with E-state index in [1.807, 2.05) is 0 Å². The summed E-state index contributed by atoms with van der Waals surface area (Å²) in [7, 11) is -2.55. The number of carbonyl (C=O) groups excluding carboxylic acids is 1. The largest absolute Gasteiger partial charge is 0.495 e. The highest BCUT2D eigenvalue weighted by Gasteiger charge is 2.22. The molecule has 3 aromatic rings. The van der Waals surface area contributed by atoms with Crippen LogP contribution < -0.4 is 9.46 Å². The standard InChI is InChI=1S/C20H19ClN2O6S/c1-3-28-20(24)16-11-18(29-23-16)14-6-9-17(27-2)19(10-14)30(25,26)22-12-13-4-7-15(21)8-5-13/h4-11,22H,3,12H2,1-2H3. The zero-order valence-corrected chi connectivity index (χ0v) is 17.8. The monoisotopic (exact) mass is 450 g/mol. The van der Waals surface area contributed by atoms with Crippen LogP contribution >= 0.6 is 11.6 Å². The lowest BCUT2D eigenvalue weighted by Crippen LogP contribution is -2.23. The molecule has 158 valence electrons. The molecule has 0 aliphatic rings. The van der Waals surface area contributed by atoms with Gasteiger partial charge in [0, 0.05) is 23.2 Å². The van der Waals surface area contributed by atoms with Gasteiger partial charge in [-0.3, -0.25) is 0 Å². The first-order chi connectivity index (χ1) is 14.3. The number of aromatic nitrogens is 1. The Kier molecular flexibility index (Phi) is 6.76. The fourth-order valence-electron chi connectivity index (χ4n) is 2.61. The van der Waals surface area contributed by atoms with E-state index in [4.69, 9.17) is 25.6 Å². The van der Waals surface area contributed by atoms with Gasteiger partial charge in [0.25, 0.3) is 0 Å². The van der Waals surface area contributed by atoms with Crippen LogP contribution in [0.2, 0.25) is 5.02 Å². The summed E-state index contributed by atoms with van der Waals surface area (Å²) in [6.45, 7) is 1.95. The first kappa shape index (κ1) is 21.8. The number of sulfonamides is 1. The molecule has 1 heterocycles. The van der Waals surface area contributed by atoms with E-state index in [1.54, 1.807) is 37.3 Å². The Bertz CT molecular complexity index is 1140. The molecule has 8 nitrogen and oxygen atoms in total.